The average Bonchev–Trinajstić information content (AvgIpc) is 2.85. The van der Waals surface area contributed by atoms with Gasteiger partial charge in [0.15, 0.2) is 11.6 Å². The van der Waals surface area contributed by atoms with Crippen LogP contribution in [0.4, 0.5) is 21.6 Å². The van der Waals surface area contributed by atoms with Gasteiger partial charge in [-0.05, 0) is 17.7 Å². The molecule has 0 aliphatic heterocycles. The summed E-state index contributed by atoms with van der Waals surface area (Å²) < 4.78 is 14.8. The monoisotopic (exact) mass is 308 g/mol. The molecule has 1 N–H and O–H groups in total. The number of fused-ring (bicyclic) bond motifs is 1. The maximum atomic E-state index is 13.6. The number of pyridine rings is 1. The van der Waals surface area contributed by atoms with E-state index in [-0.39, 0.29) is 22.5 Å². The summed E-state index contributed by atoms with van der Waals surface area (Å²) in [6, 6.07) is 2.66. The van der Waals surface area contributed by atoms with Crippen molar-refractivity contribution in [3.8, 4) is 0 Å². The Hall–Kier alpha value is -2.81. The molecule has 0 saturated heterocycles. The van der Waals surface area contributed by atoms with Gasteiger partial charge < -0.3 is 5.32 Å². The Bertz CT molecular complexity index is 852. The zero-order valence-corrected chi connectivity index (χ0v) is 11.0. The van der Waals surface area contributed by atoms with Crippen LogP contribution in [0, 0.1) is 15.9 Å². The maximum Gasteiger partial charge on any atom is 0.289 e. The van der Waals surface area contributed by atoms with Gasteiger partial charge in [-0.1, -0.05) is 0 Å². The summed E-state index contributed by atoms with van der Waals surface area (Å²) in [6.07, 6.45) is 3.62. The fraction of sp³-hybridized carbons (Fsp3) is 0. The van der Waals surface area contributed by atoms with E-state index >= 15 is 0 Å². The molecule has 3 rings (SSSR count). The first kappa shape index (κ1) is 13.2. The number of nitrogens with one attached hydrogen (secondary N) is 1. The molecule has 0 saturated carbocycles. The van der Waals surface area contributed by atoms with Gasteiger partial charge >= 0.3 is 0 Å². The summed E-state index contributed by atoms with van der Waals surface area (Å²) in [7, 11) is 0. The number of anilines is 2. The fourth-order valence-corrected chi connectivity index (χ4v) is 1.92. The van der Waals surface area contributed by atoms with Crippen molar-refractivity contribution in [1.82, 2.24) is 19.6 Å². The SMILES string of the molecule is O=[N+]([O-])c1cc2c(Nc3ccncc3F)nc(Cl)nn2c1. The number of hydrogen-bond acceptors (Lipinski definition) is 6. The van der Waals surface area contributed by atoms with Gasteiger partial charge in [-0.25, -0.2) is 8.91 Å². The Morgan fingerprint density at radius 1 is 1.48 bits per heavy atom. The van der Waals surface area contributed by atoms with Crippen LogP contribution in [0.1, 0.15) is 0 Å². The molecule has 8 nitrogen and oxygen atoms in total. The zero-order valence-electron chi connectivity index (χ0n) is 10.2. The molecule has 3 aromatic heterocycles. The molecule has 0 amide bonds. The third-order valence-corrected chi connectivity index (χ3v) is 2.82. The van der Waals surface area contributed by atoms with E-state index in [2.05, 4.69) is 20.4 Å². The third-order valence-electron chi connectivity index (χ3n) is 2.66. The molecule has 0 aromatic carbocycles. The van der Waals surface area contributed by atoms with Crippen molar-refractivity contribution < 1.29 is 9.31 Å². The highest BCUT2D eigenvalue weighted by Gasteiger charge is 2.16. The number of nitro groups is 1. The largest absolute Gasteiger partial charge is 0.336 e. The van der Waals surface area contributed by atoms with E-state index in [0.29, 0.717) is 5.52 Å². The lowest BCUT2D eigenvalue weighted by Gasteiger charge is -2.07. The number of nitrogens with zero attached hydrogens (tertiary/aromatic N) is 5. The predicted octanol–water partition coefficient (Wildman–Crippen LogP) is 2.57. The molecule has 0 bridgehead atoms. The lowest BCUT2D eigenvalue weighted by Crippen LogP contribution is -2.02. The van der Waals surface area contributed by atoms with Crippen LogP contribution in [-0.2, 0) is 0 Å². The van der Waals surface area contributed by atoms with Gasteiger partial charge in [0, 0.05) is 12.3 Å². The molecule has 106 valence electrons. The lowest BCUT2D eigenvalue weighted by molar-refractivity contribution is -0.384. The standard InChI is InChI=1S/C11H6ClFN6O2/c12-11-16-10(15-8-1-2-14-4-7(8)13)9-3-6(19(20)21)5-18(9)17-11/h1-5H,(H,14,15,16,17). The number of aromatic nitrogens is 4. The van der Waals surface area contributed by atoms with Crippen LogP contribution in [0.2, 0.25) is 5.28 Å². The van der Waals surface area contributed by atoms with E-state index in [0.717, 1.165) is 6.20 Å². The van der Waals surface area contributed by atoms with Crippen molar-refractivity contribution in [2.24, 2.45) is 0 Å². The minimum Gasteiger partial charge on any atom is -0.336 e. The molecule has 0 spiro atoms. The second-order valence-corrected chi connectivity index (χ2v) is 4.33. The van der Waals surface area contributed by atoms with E-state index in [1.165, 1.54) is 29.0 Å². The van der Waals surface area contributed by atoms with Gasteiger partial charge in [-0.15, -0.1) is 5.10 Å². The third kappa shape index (κ3) is 2.46. The first-order valence-corrected chi connectivity index (χ1v) is 5.99. The summed E-state index contributed by atoms with van der Waals surface area (Å²) in [5.41, 5.74) is 0.234. The van der Waals surface area contributed by atoms with Crippen LogP contribution in [-0.4, -0.2) is 24.5 Å². The van der Waals surface area contributed by atoms with Gasteiger partial charge in [0.25, 0.3) is 5.69 Å². The van der Waals surface area contributed by atoms with Crippen molar-refractivity contribution in [3.05, 3.63) is 51.9 Å². The number of hydrogen-bond donors (Lipinski definition) is 1. The first-order valence-electron chi connectivity index (χ1n) is 5.61. The van der Waals surface area contributed by atoms with Crippen LogP contribution in [0.15, 0.2) is 30.7 Å². The molecular weight excluding hydrogens is 303 g/mol. The second-order valence-electron chi connectivity index (χ2n) is 4.00. The van der Waals surface area contributed by atoms with E-state index in [9.17, 15) is 14.5 Å². The van der Waals surface area contributed by atoms with Gasteiger partial charge in [-0.2, -0.15) is 4.98 Å². The highest BCUT2D eigenvalue weighted by Crippen LogP contribution is 2.26. The molecule has 0 aliphatic rings. The Morgan fingerprint density at radius 3 is 3.00 bits per heavy atom. The maximum absolute atomic E-state index is 13.6. The lowest BCUT2D eigenvalue weighted by atomic mass is 10.3. The number of halogens is 2. The van der Waals surface area contributed by atoms with Crippen LogP contribution < -0.4 is 5.32 Å². The summed E-state index contributed by atoms with van der Waals surface area (Å²) in [4.78, 5) is 17.8. The molecule has 0 fully saturated rings. The summed E-state index contributed by atoms with van der Waals surface area (Å²) in [5.74, 6) is -0.445. The molecule has 10 heteroatoms. The highest BCUT2D eigenvalue weighted by molar-refractivity contribution is 6.28. The van der Waals surface area contributed by atoms with E-state index in [1.807, 2.05) is 0 Å². The molecule has 3 heterocycles. The van der Waals surface area contributed by atoms with Gasteiger partial charge in [0.2, 0.25) is 5.28 Å². The van der Waals surface area contributed by atoms with Gasteiger partial charge in [0.1, 0.15) is 11.7 Å². The second kappa shape index (κ2) is 4.94. The predicted molar refractivity (Wildman–Crippen MR) is 72.1 cm³/mol. The van der Waals surface area contributed by atoms with Gasteiger partial charge in [0.05, 0.1) is 16.8 Å². The fourth-order valence-electron chi connectivity index (χ4n) is 1.75. The van der Waals surface area contributed by atoms with E-state index < -0.39 is 10.7 Å². The molecule has 21 heavy (non-hydrogen) atoms. The van der Waals surface area contributed by atoms with Crippen LogP contribution in [0.5, 0.6) is 0 Å². The average molecular weight is 309 g/mol. The smallest absolute Gasteiger partial charge is 0.289 e. The van der Waals surface area contributed by atoms with Crippen molar-refractivity contribution in [3.63, 3.8) is 0 Å². The van der Waals surface area contributed by atoms with Crippen LogP contribution in [0.25, 0.3) is 5.52 Å². The quantitative estimate of drug-likeness (QED) is 0.590. The Labute approximate surface area is 121 Å². The van der Waals surface area contributed by atoms with Crippen molar-refractivity contribution in [1.29, 1.82) is 0 Å². The molecule has 0 aliphatic carbocycles. The minimum atomic E-state index is -0.591. The normalized spacial score (nSPS) is 10.8. The first-order chi connectivity index (χ1) is 10.0. The minimum absolute atomic E-state index is 0.116. The topological polar surface area (TPSA) is 98.2 Å². The summed E-state index contributed by atoms with van der Waals surface area (Å²) >= 11 is 5.76. The summed E-state index contributed by atoms with van der Waals surface area (Å²) in [5, 5.41) is 17.2. The zero-order chi connectivity index (χ0) is 15.0. The molecule has 0 unspecified atom stereocenters. The molecule has 3 aromatic rings. The molecular formula is C11H6ClFN6O2. The van der Waals surface area contributed by atoms with Crippen molar-refractivity contribution in [2.75, 3.05) is 5.32 Å². The molecule has 0 radical (unpaired) electrons. The highest BCUT2D eigenvalue weighted by atomic mass is 35.5. The van der Waals surface area contributed by atoms with Crippen molar-refractivity contribution >= 4 is 34.3 Å². The summed E-state index contributed by atoms with van der Waals surface area (Å²) in [6.45, 7) is 0. The van der Waals surface area contributed by atoms with Crippen LogP contribution in [0.3, 0.4) is 0 Å². The Balaban J connectivity index is 2.13. The van der Waals surface area contributed by atoms with E-state index in [1.54, 1.807) is 0 Å². The molecule has 0 atom stereocenters. The van der Waals surface area contributed by atoms with Crippen LogP contribution >= 0.6 is 11.6 Å². The van der Waals surface area contributed by atoms with Crippen molar-refractivity contribution in [2.45, 2.75) is 0 Å². The van der Waals surface area contributed by atoms with E-state index in [4.69, 9.17) is 11.6 Å². The number of rotatable bonds is 3. The Kier molecular flexibility index (Phi) is 3.10. The Morgan fingerprint density at radius 2 is 2.29 bits per heavy atom. The van der Waals surface area contributed by atoms with Gasteiger partial charge in [-0.3, -0.25) is 15.1 Å².